The van der Waals surface area contributed by atoms with Crippen molar-refractivity contribution in [2.75, 3.05) is 11.4 Å². The van der Waals surface area contributed by atoms with E-state index in [9.17, 15) is 0 Å². The molecule has 0 amide bonds. The molecule has 0 radical (unpaired) electrons. The lowest BCUT2D eigenvalue weighted by molar-refractivity contribution is 0.247. The van der Waals surface area contributed by atoms with Crippen LogP contribution in [0.1, 0.15) is 44.6 Å². The van der Waals surface area contributed by atoms with Gasteiger partial charge in [0.1, 0.15) is 0 Å². The lowest BCUT2D eigenvalue weighted by Gasteiger charge is -2.51. The number of hydrogen-bond acceptors (Lipinski definition) is 2. The normalized spacial score (nSPS) is 29.6. The molecule has 0 aromatic heterocycles. The van der Waals surface area contributed by atoms with Crippen molar-refractivity contribution in [3.05, 3.63) is 28.2 Å². The molecule has 2 saturated heterocycles. The van der Waals surface area contributed by atoms with Crippen molar-refractivity contribution in [1.82, 2.24) is 5.32 Å². The Balaban J connectivity index is 1.88. The summed E-state index contributed by atoms with van der Waals surface area (Å²) >= 11 is 3.64. The van der Waals surface area contributed by atoms with Crippen molar-refractivity contribution < 1.29 is 0 Å². The van der Waals surface area contributed by atoms with Crippen LogP contribution in [0.2, 0.25) is 0 Å². The molecule has 2 atom stereocenters. The first-order valence-corrected chi connectivity index (χ1v) is 8.76. The van der Waals surface area contributed by atoms with Crippen molar-refractivity contribution in [3.8, 4) is 0 Å². The molecule has 0 aliphatic carbocycles. The summed E-state index contributed by atoms with van der Waals surface area (Å²) < 4.78 is 1.20. The highest BCUT2D eigenvalue weighted by Crippen LogP contribution is 2.39. The molecule has 2 aliphatic heterocycles. The molecule has 0 saturated carbocycles. The number of piperidine rings is 2. The molecular weight excluding hydrogens is 312 g/mol. The summed E-state index contributed by atoms with van der Waals surface area (Å²) in [6.07, 6.45) is 6.71. The van der Waals surface area contributed by atoms with Crippen molar-refractivity contribution in [2.45, 2.75) is 64.1 Å². The van der Waals surface area contributed by atoms with Gasteiger partial charge in [0.2, 0.25) is 0 Å². The van der Waals surface area contributed by atoms with E-state index in [0.717, 1.165) is 24.7 Å². The molecule has 2 fully saturated rings. The zero-order valence-electron chi connectivity index (χ0n) is 12.5. The van der Waals surface area contributed by atoms with E-state index in [4.69, 9.17) is 0 Å². The molecule has 0 spiro atoms. The summed E-state index contributed by atoms with van der Waals surface area (Å²) in [5, 5.41) is 3.68. The van der Waals surface area contributed by atoms with Crippen LogP contribution < -0.4 is 10.2 Å². The van der Waals surface area contributed by atoms with Crippen molar-refractivity contribution in [1.29, 1.82) is 0 Å². The van der Waals surface area contributed by atoms with Gasteiger partial charge in [0.25, 0.3) is 0 Å². The van der Waals surface area contributed by atoms with Crippen LogP contribution in [0.15, 0.2) is 22.7 Å². The predicted molar refractivity (Wildman–Crippen MR) is 89.5 cm³/mol. The minimum atomic E-state index is 0.721. The number of rotatable bonds is 3. The van der Waals surface area contributed by atoms with E-state index in [2.05, 4.69) is 58.2 Å². The van der Waals surface area contributed by atoms with Gasteiger partial charge >= 0.3 is 0 Å². The van der Waals surface area contributed by atoms with Gasteiger partial charge in [0.15, 0.2) is 0 Å². The molecule has 2 unspecified atom stereocenters. The molecule has 20 heavy (non-hydrogen) atoms. The first-order chi connectivity index (χ1) is 9.69. The van der Waals surface area contributed by atoms with Gasteiger partial charge in [-0.2, -0.15) is 0 Å². The second-order valence-corrected chi connectivity index (χ2v) is 7.22. The SMILES string of the molecule is CCNC1CC2CCCC(C1)N2c1cc(Br)ccc1C. The van der Waals surface area contributed by atoms with Crippen LogP contribution in [0.5, 0.6) is 0 Å². The summed E-state index contributed by atoms with van der Waals surface area (Å²) in [6.45, 7) is 5.56. The van der Waals surface area contributed by atoms with E-state index in [0.29, 0.717) is 0 Å². The van der Waals surface area contributed by atoms with Crippen molar-refractivity contribution >= 4 is 21.6 Å². The van der Waals surface area contributed by atoms with E-state index >= 15 is 0 Å². The Morgan fingerprint density at radius 2 is 1.95 bits per heavy atom. The molecule has 2 bridgehead atoms. The summed E-state index contributed by atoms with van der Waals surface area (Å²) in [7, 11) is 0. The fourth-order valence-electron chi connectivity index (χ4n) is 4.09. The lowest BCUT2D eigenvalue weighted by atomic mass is 9.81. The van der Waals surface area contributed by atoms with Gasteiger partial charge < -0.3 is 10.2 Å². The summed E-state index contributed by atoms with van der Waals surface area (Å²) in [4.78, 5) is 2.73. The number of nitrogens with zero attached hydrogens (tertiary/aromatic N) is 1. The first-order valence-electron chi connectivity index (χ1n) is 7.97. The Labute approximate surface area is 131 Å². The summed E-state index contributed by atoms with van der Waals surface area (Å²) in [6, 6.07) is 8.87. The van der Waals surface area contributed by atoms with E-state index in [1.165, 1.54) is 47.8 Å². The standard InChI is InChI=1S/C17H25BrN2/c1-3-19-14-10-15-5-4-6-16(11-14)20(15)17-9-13(18)8-7-12(17)2/h7-9,14-16,19H,3-6,10-11H2,1-2H3. The van der Waals surface area contributed by atoms with Gasteiger partial charge in [0.05, 0.1) is 0 Å². The van der Waals surface area contributed by atoms with Crippen LogP contribution >= 0.6 is 15.9 Å². The highest BCUT2D eigenvalue weighted by atomic mass is 79.9. The van der Waals surface area contributed by atoms with Gasteiger partial charge in [-0.3, -0.25) is 0 Å². The molecule has 1 aromatic rings. The van der Waals surface area contributed by atoms with Crippen LogP contribution in [-0.2, 0) is 0 Å². The molecule has 3 heteroatoms. The second kappa shape index (κ2) is 6.07. The fraction of sp³-hybridized carbons (Fsp3) is 0.647. The number of benzene rings is 1. The fourth-order valence-corrected chi connectivity index (χ4v) is 4.44. The van der Waals surface area contributed by atoms with Crippen LogP contribution in [0.4, 0.5) is 5.69 Å². The van der Waals surface area contributed by atoms with Gasteiger partial charge in [-0.05, 0) is 63.3 Å². The van der Waals surface area contributed by atoms with E-state index < -0.39 is 0 Å². The van der Waals surface area contributed by atoms with Crippen LogP contribution in [-0.4, -0.2) is 24.7 Å². The van der Waals surface area contributed by atoms with Crippen molar-refractivity contribution in [3.63, 3.8) is 0 Å². The number of aryl methyl sites for hydroxylation is 1. The number of nitrogens with one attached hydrogen (secondary N) is 1. The van der Waals surface area contributed by atoms with Gasteiger partial charge in [0, 0.05) is 28.3 Å². The predicted octanol–water partition coefficient (Wildman–Crippen LogP) is 4.26. The Morgan fingerprint density at radius 3 is 2.60 bits per heavy atom. The summed E-state index contributed by atoms with van der Waals surface area (Å²) in [5.74, 6) is 0. The van der Waals surface area contributed by atoms with Crippen LogP contribution in [0.25, 0.3) is 0 Å². The number of fused-ring (bicyclic) bond motifs is 2. The van der Waals surface area contributed by atoms with Crippen LogP contribution in [0.3, 0.4) is 0 Å². The average molecular weight is 337 g/mol. The number of hydrogen-bond donors (Lipinski definition) is 1. The minimum Gasteiger partial charge on any atom is -0.365 e. The summed E-state index contributed by atoms with van der Waals surface area (Å²) in [5.41, 5.74) is 2.86. The maximum Gasteiger partial charge on any atom is 0.0412 e. The highest BCUT2D eigenvalue weighted by Gasteiger charge is 2.38. The molecule has 2 heterocycles. The average Bonchev–Trinajstić information content (AvgIpc) is 2.41. The third-order valence-corrected chi connectivity index (χ3v) is 5.41. The van der Waals surface area contributed by atoms with Crippen molar-refractivity contribution in [2.24, 2.45) is 0 Å². The zero-order chi connectivity index (χ0) is 14.1. The van der Waals surface area contributed by atoms with Gasteiger partial charge in [-0.15, -0.1) is 0 Å². The number of halogens is 1. The van der Waals surface area contributed by atoms with Crippen LogP contribution in [0, 0.1) is 6.92 Å². The Bertz CT molecular complexity index is 460. The Hall–Kier alpha value is -0.540. The zero-order valence-corrected chi connectivity index (χ0v) is 14.1. The molecule has 2 nitrogen and oxygen atoms in total. The Kier molecular flexibility index (Phi) is 4.37. The quantitative estimate of drug-likeness (QED) is 0.887. The third-order valence-electron chi connectivity index (χ3n) is 4.92. The number of anilines is 1. The van der Waals surface area contributed by atoms with E-state index in [1.54, 1.807) is 0 Å². The smallest absolute Gasteiger partial charge is 0.0412 e. The lowest BCUT2D eigenvalue weighted by Crippen LogP contribution is -2.56. The largest absolute Gasteiger partial charge is 0.365 e. The molecule has 1 aromatic carbocycles. The molecule has 1 N–H and O–H groups in total. The molecule has 2 aliphatic rings. The van der Waals surface area contributed by atoms with E-state index in [-0.39, 0.29) is 0 Å². The third kappa shape index (κ3) is 2.75. The Morgan fingerprint density at radius 1 is 1.25 bits per heavy atom. The maximum atomic E-state index is 3.68. The highest BCUT2D eigenvalue weighted by molar-refractivity contribution is 9.10. The molecule has 3 rings (SSSR count). The topological polar surface area (TPSA) is 15.3 Å². The van der Waals surface area contributed by atoms with Gasteiger partial charge in [-0.25, -0.2) is 0 Å². The minimum absolute atomic E-state index is 0.721. The molecule has 110 valence electrons. The first kappa shape index (κ1) is 14.4. The second-order valence-electron chi connectivity index (χ2n) is 6.30. The maximum absolute atomic E-state index is 3.68. The van der Waals surface area contributed by atoms with E-state index in [1.807, 2.05) is 0 Å². The monoisotopic (exact) mass is 336 g/mol. The molecular formula is C17H25BrN2. The van der Waals surface area contributed by atoms with Gasteiger partial charge in [-0.1, -0.05) is 28.9 Å².